The molecule has 0 spiro atoms. The van der Waals surface area contributed by atoms with Gasteiger partial charge in [-0.25, -0.2) is 0 Å². The Balaban J connectivity index is 1.36. The van der Waals surface area contributed by atoms with Gasteiger partial charge in [0.25, 0.3) is 0 Å². The topological polar surface area (TPSA) is 36.9 Å². The third-order valence-electron chi connectivity index (χ3n) is 4.67. The zero-order valence-corrected chi connectivity index (χ0v) is 19.6. The van der Waals surface area contributed by atoms with E-state index in [1.54, 1.807) is 0 Å². The first-order chi connectivity index (χ1) is 12.6. The zero-order valence-electron chi connectivity index (χ0n) is 14.9. The van der Waals surface area contributed by atoms with Gasteiger partial charge >= 0.3 is 172 Å². The molecule has 2 aromatic rings. The molecule has 0 atom stereocenters. The van der Waals surface area contributed by atoms with Crippen LogP contribution in [0.25, 0.3) is 0 Å². The number of hydrogen-bond donors (Lipinski definition) is 0. The van der Waals surface area contributed by atoms with Gasteiger partial charge in [0.15, 0.2) is 0 Å². The minimum absolute atomic E-state index is 0.138. The van der Waals surface area contributed by atoms with Gasteiger partial charge in [-0.1, -0.05) is 0 Å². The van der Waals surface area contributed by atoms with E-state index in [0.717, 1.165) is 11.1 Å². The average molecular weight is 582 g/mol. The second kappa shape index (κ2) is 8.08. The molecule has 0 amide bonds. The first-order valence-corrected chi connectivity index (χ1v) is 18.4. The predicted octanol–water partition coefficient (Wildman–Crippen LogP) is 1.40. The van der Waals surface area contributed by atoms with Crippen LogP contribution in [0.15, 0.2) is 48.5 Å². The Morgan fingerprint density at radius 1 is 0.577 bits per heavy atom. The first-order valence-electron chi connectivity index (χ1n) is 8.69. The molecule has 2 fully saturated rings. The van der Waals surface area contributed by atoms with Gasteiger partial charge in [0.1, 0.15) is 0 Å². The van der Waals surface area contributed by atoms with Gasteiger partial charge in [0, 0.05) is 0 Å². The van der Waals surface area contributed by atoms with Crippen molar-refractivity contribution >= 4 is 41.3 Å². The van der Waals surface area contributed by atoms with Gasteiger partial charge < -0.3 is 0 Å². The normalized spacial score (nSPS) is 21.2. The molecule has 0 saturated carbocycles. The predicted molar refractivity (Wildman–Crippen MR) is 102 cm³/mol. The van der Waals surface area contributed by atoms with Crippen molar-refractivity contribution in [3.8, 4) is 0 Å². The van der Waals surface area contributed by atoms with Crippen LogP contribution in [0.1, 0.15) is 25.0 Å². The number of ether oxygens (including phenoxy) is 4. The van der Waals surface area contributed by atoms with E-state index in [2.05, 4.69) is 48.5 Å². The molecule has 6 heteroatoms. The summed E-state index contributed by atoms with van der Waals surface area (Å²) in [4.78, 5) is 0. The summed E-state index contributed by atoms with van der Waals surface area (Å²) in [5.41, 5.74) is 2.22. The van der Waals surface area contributed by atoms with Crippen LogP contribution < -0.4 is 7.22 Å². The molecular weight excluding hydrogens is 559 g/mol. The van der Waals surface area contributed by atoms with Gasteiger partial charge in [-0.2, -0.15) is 0 Å². The summed E-state index contributed by atoms with van der Waals surface area (Å²) in [6.07, 6.45) is 0. The summed E-state index contributed by atoms with van der Waals surface area (Å²) in [5.74, 6) is -1.13. The molecule has 2 aliphatic rings. The molecule has 4 rings (SSSR count). The van der Waals surface area contributed by atoms with Gasteiger partial charge in [-0.15, -0.1) is 0 Å². The molecule has 2 aliphatic heterocycles. The van der Waals surface area contributed by atoms with Crippen LogP contribution in [-0.2, 0) is 30.5 Å². The van der Waals surface area contributed by atoms with Gasteiger partial charge in [0.2, 0.25) is 0 Å². The van der Waals surface area contributed by atoms with Crippen molar-refractivity contribution < 1.29 is 18.9 Å². The van der Waals surface area contributed by atoms with Crippen molar-refractivity contribution in [1.82, 2.24) is 0 Å². The van der Waals surface area contributed by atoms with E-state index in [4.69, 9.17) is 18.9 Å². The first kappa shape index (κ1) is 19.2. The number of rotatable bonds is 5. The van der Waals surface area contributed by atoms with Crippen LogP contribution in [-0.4, -0.2) is 60.5 Å². The SMILES string of the molecule is CC1(c2ccc([Te][Te]c3ccc(C4(C)OCCO4)cc3)cc2)OCCO1. The van der Waals surface area contributed by atoms with Gasteiger partial charge in [0.05, 0.1) is 0 Å². The molecule has 2 heterocycles. The molecular formula is C20H22O4Te2. The van der Waals surface area contributed by atoms with E-state index in [-0.39, 0.29) is 34.1 Å². The van der Waals surface area contributed by atoms with Crippen molar-refractivity contribution in [2.24, 2.45) is 0 Å². The molecule has 26 heavy (non-hydrogen) atoms. The molecule has 0 aromatic heterocycles. The molecule has 0 aliphatic carbocycles. The quantitative estimate of drug-likeness (QED) is 0.501. The van der Waals surface area contributed by atoms with Crippen LogP contribution in [0.5, 0.6) is 0 Å². The second-order valence-electron chi connectivity index (χ2n) is 6.50. The Morgan fingerprint density at radius 2 is 0.885 bits per heavy atom. The summed E-state index contributed by atoms with van der Waals surface area (Å²) in [5, 5.41) is 0. The Bertz CT molecular complexity index is 668. The fraction of sp³-hybridized carbons (Fsp3) is 0.400. The number of hydrogen-bond acceptors (Lipinski definition) is 4. The average Bonchev–Trinajstić information content (AvgIpc) is 3.31. The van der Waals surface area contributed by atoms with Gasteiger partial charge in [-0.3, -0.25) is 0 Å². The molecule has 0 radical (unpaired) electrons. The van der Waals surface area contributed by atoms with E-state index < -0.39 is 11.6 Å². The zero-order chi connectivity index (χ0) is 18.0. The van der Waals surface area contributed by atoms with E-state index >= 15 is 0 Å². The standard InChI is InChI=1S/C20H22O4Te2/c1-19(21-11-12-22-19)15-3-7-17(8-4-15)25-26-18-9-5-16(6-10-18)20(2)23-13-14-24-20/h3-10H,11-14H2,1-2H3. The van der Waals surface area contributed by atoms with E-state index in [1.807, 2.05) is 13.8 Å². The molecule has 2 aromatic carbocycles. The molecule has 0 unspecified atom stereocenters. The summed E-state index contributed by atoms with van der Waals surface area (Å²) in [7, 11) is 0. The third kappa shape index (κ3) is 4.14. The summed E-state index contributed by atoms with van der Waals surface area (Å²) in [6.45, 7) is 6.68. The maximum absolute atomic E-state index is 5.73. The molecule has 138 valence electrons. The van der Waals surface area contributed by atoms with Crippen molar-refractivity contribution in [2.75, 3.05) is 26.4 Å². The van der Waals surface area contributed by atoms with Crippen molar-refractivity contribution in [2.45, 2.75) is 25.4 Å². The van der Waals surface area contributed by atoms with Crippen LogP contribution in [0.2, 0.25) is 0 Å². The molecule has 0 N–H and O–H groups in total. The van der Waals surface area contributed by atoms with E-state index in [0.29, 0.717) is 26.4 Å². The Labute approximate surface area is 170 Å². The van der Waals surface area contributed by atoms with Crippen LogP contribution in [0, 0.1) is 0 Å². The third-order valence-corrected chi connectivity index (χ3v) is 16.5. The van der Waals surface area contributed by atoms with Crippen molar-refractivity contribution in [3.05, 3.63) is 59.7 Å². The Morgan fingerprint density at radius 3 is 1.19 bits per heavy atom. The van der Waals surface area contributed by atoms with Crippen molar-refractivity contribution in [3.63, 3.8) is 0 Å². The van der Waals surface area contributed by atoms with Crippen LogP contribution in [0.4, 0.5) is 0 Å². The Hall–Kier alpha value is -0.141. The maximum atomic E-state index is 5.73. The van der Waals surface area contributed by atoms with Gasteiger partial charge in [-0.05, 0) is 0 Å². The Kier molecular flexibility index (Phi) is 5.96. The summed E-state index contributed by atoms with van der Waals surface area (Å²) >= 11 is -0.276. The second-order valence-corrected chi connectivity index (χ2v) is 16.5. The minimum atomic E-state index is -0.563. The van der Waals surface area contributed by atoms with Crippen LogP contribution in [0.3, 0.4) is 0 Å². The summed E-state index contributed by atoms with van der Waals surface area (Å²) in [6, 6.07) is 17.7. The monoisotopic (exact) mass is 586 g/mol. The van der Waals surface area contributed by atoms with E-state index in [1.165, 1.54) is 7.22 Å². The fourth-order valence-electron chi connectivity index (χ4n) is 3.09. The fourth-order valence-corrected chi connectivity index (χ4v) is 13.0. The van der Waals surface area contributed by atoms with E-state index in [9.17, 15) is 0 Å². The van der Waals surface area contributed by atoms with Crippen molar-refractivity contribution in [1.29, 1.82) is 0 Å². The molecule has 4 nitrogen and oxygen atoms in total. The van der Waals surface area contributed by atoms with Crippen LogP contribution >= 0.6 is 0 Å². The molecule has 2 saturated heterocycles. The number of benzene rings is 2. The molecule has 0 bridgehead atoms. The summed E-state index contributed by atoms with van der Waals surface area (Å²) < 4.78 is 25.9.